The second-order valence-corrected chi connectivity index (χ2v) is 6.56. The molecule has 2 heterocycles. The topological polar surface area (TPSA) is 36.4 Å². The van der Waals surface area contributed by atoms with Crippen molar-refractivity contribution >= 4 is 34.9 Å². The number of anilines is 1. The molecule has 1 unspecified atom stereocenters. The molecular weight excluding hydrogens is 285 g/mol. The lowest BCUT2D eigenvalue weighted by Crippen LogP contribution is -2.49. The SMILES string of the molecule is O=C(C1CC1(Cl)Cl)N1CCN(c2ccccn2)CC1. The normalized spacial score (nSPS) is 25.3. The highest BCUT2D eigenvalue weighted by Gasteiger charge is 2.57. The molecule has 0 radical (unpaired) electrons. The van der Waals surface area contributed by atoms with Crippen molar-refractivity contribution in [3.05, 3.63) is 24.4 Å². The first-order chi connectivity index (χ1) is 9.08. The second kappa shape index (κ2) is 4.84. The molecule has 4 nitrogen and oxygen atoms in total. The molecule has 1 aromatic heterocycles. The number of amides is 1. The minimum Gasteiger partial charge on any atom is -0.353 e. The number of carbonyl (C=O) groups is 1. The van der Waals surface area contributed by atoms with Gasteiger partial charge in [-0.2, -0.15) is 0 Å². The van der Waals surface area contributed by atoms with Crippen LogP contribution in [0.4, 0.5) is 5.82 Å². The van der Waals surface area contributed by atoms with Gasteiger partial charge in [-0.25, -0.2) is 4.98 Å². The van der Waals surface area contributed by atoms with Crippen molar-refractivity contribution in [3.8, 4) is 0 Å². The molecule has 1 amide bonds. The van der Waals surface area contributed by atoms with Crippen LogP contribution in [0.3, 0.4) is 0 Å². The highest BCUT2D eigenvalue weighted by atomic mass is 35.5. The number of hydrogen-bond donors (Lipinski definition) is 0. The van der Waals surface area contributed by atoms with Crippen molar-refractivity contribution in [1.29, 1.82) is 0 Å². The van der Waals surface area contributed by atoms with Crippen LogP contribution >= 0.6 is 23.2 Å². The van der Waals surface area contributed by atoms with Crippen molar-refractivity contribution in [3.63, 3.8) is 0 Å². The molecular formula is C13H15Cl2N3O. The van der Waals surface area contributed by atoms with Crippen LogP contribution in [0.1, 0.15) is 6.42 Å². The molecule has 102 valence electrons. The lowest BCUT2D eigenvalue weighted by molar-refractivity contribution is -0.132. The van der Waals surface area contributed by atoms with Gasteiger partial charge in [-0.05, 0) is 18.6 Å². The minimum absolute atomic E-state index is 0.0886. The Balaban J connectivity index is 1.57. The van der Waals surface area contributed by atoms with Gasteiger partial charge >= 0.3 is 0 Å². The van der Waals surface area contributed by atoms with Crippen molar-refractivity contribution in [2.45, 2.75) is 10.8 Å². The Morgan fingerprint density at radius 1 is 1.26 bits per heavy atom. The Kier molecular flexibility index (Phi) is 3.31. The quantitative estimate of drug-likeness (QED) is 0.783. The molecule has 0 bridgehead atoms. The summed E-state index contributed by atoms with van der Waals surface area (Å²) < 4.78 is -0.824. The molecule has 2 fully saturated rings. The van der Waals surface area contributed by atoms with Crippen LogP contribution in [0.2, 0.25) is 0 Å². The number of halogens is 2. The second-order valence-electron chi connectivity index (χ2n) is 5.02. The molecule has 1 aliphatic heterocycles. The number of alkyl halides is 2. The van der Waals surface area contributed by atoms with E-state index in [-0.39, 0.29) is 11.8 Å². The number of hydrogen-bond acceptors (Lipinski definition) is 3. The molecule has 2 aliphatic rings. The van der Waals surface area contributed by atoms with Crippen LogP contribution in [-0.4, -0.2) is 46.3 Å². The summed E-state index contributed by atoms with van der Waals surface area (Å²) in [6.45, 7) is 3.01. The maximum absolute atomic E-state index is 12.1. The van der Waals surface area contributed by atoms with E-state index in [4.69, 9.17) is 23.2 Å². The number of rotatable bonds is 2. The largest absolute Gasteiger partial charge is 0.353 e. The Morgan fingerprint density at radius 3 is 2.47 bits per heavy atom. The van der Waals surface area contributed by atoms with Crippen LogP contribution in [0.5, 0.6) is 0 Å². The summed E-state index contributed by atoms with van der Waals surface area (Å²) >= 11 is 11.9. The summed E-state index contributed by atoms with van der Waals surface area (Å²) in [6, 6.07) is 5.86. The third-order valence-corrected chi connectivity index (χ3v) is 4.52. The van der Waals surface area contributed by atoms with Gasteiger partial charge in [0.1, 0.15) is 10.2 Å². The Morgan fingerprint density at radius 2 is 1.95 bits per heavy atom. The monoisotopic (exact) mass is 299 g/mol. The predicted octanol–water partition coefficient (Wildman–Crippen LogP) is 1.92. The van der Waals surface area contributed by atoms with Gasteiger partial charge in [0.15, 0.2) is 0 Å². The highest BCUT2D eigenvalue weighted by Crippen LogP contribution is 2.53. The lowest BCUT2D eigenvalue weighted by atomic mass is 10.2. The van der Waals surface area contributed by atoms with Gasteiger partial charge in [-0.3, -0.25) is 4.79 Å². The fourth-order valence-electron chi connectivity index (χ4n) is 2.40. The van der Waals surface area contributed by atoms with E-state index in [1.807, 2.05) is 23.1 Å². The lowest BCUT2D eigenvalue weighted by Gasteiger charge is -2.35. The third-order valence-electron chi connectivity index (χ3n) is 3.69. The fourth-order valence-corrected chi connectivity index (χ4v) is 2.89. The number of pyridine rings is 1. The Bertz CT molecular complexity index is 472. The number of nitrogens with zero attached hydrogens (tertiary/aromatic N) is 3. The van der Waals surface area contributed by atoms with E-state index in [0.717, 1.165) is 18.9 Å². The molecule has 6 heteroatoms. The van der Waals surface area contributed by atoms with E-state index in [0.29, 0.717) is 19.5 Å². The van der Waals surface area contributed by atoms with Gasteiger partial charge in [0.25, 0.3) is 0 Å². The molecule has 3 rings (SSSR count). The molecule has 1 saturated carbocycles. The zero-order chi connectivity index (χ0) is 13.5. The Labute approximate surface area is 122 Å². The van der Waals surface area contributed by atoms with Gasteiger partial charge in [-0.1, -0.05) is 6.07 Å². The van der Waals surface area contributed by atoms with Crippen LogP contribution in [0, 0.1) is 5.92 Å². The maximum Gasteiger partial charge on any atom is 0.228 e. The molecule has 0 spiro atoms. The van der Waals surface area contributed by atoms with Gasteiger partial charge in [0.05, 0.1) is 5.92 Å². The summed E-state index contributed by atoms with van der Waals surface area (Å²) in [5, 5.41) is 0. The first-order valence-electron chi connectivity index (χ1n) is 6.40. The number of piperazine rings is 1. The fraction of sp³-hybridized carbons (Fsp3) is 0.538. The van der Waals surface area contributed by atoms with E-state index in [1.165, 1.54) is 0 Å². The summed E-state index contributed by atoms with van der Waals surface area (Å²) in [5.41, 5.74) is 0. The Hall–Kier alpha value is -1.00. The summed E-state index contributed by atoms with van der Waals surface area (Å²) in [5.74, 6) is 0.841. The first-order valence-corrected chi connectivity index (χ1v) is 7.16. The summed E-state index contributed by atoms with van der Waals surface area (Å²) in [4.78, 5) is 20.5. The molecule has 1 aliphatic carbocycles. The van der Waals surface area contributed by atoms with E-state index in [9.17, 15) is 4.79 Å². The van der Waals surface area contributed by atoms with Gasteiger partial charge in [0, 0.05) is 32.4 Å². The van der Waals surface area contributed by atoms with Crippen LogP contribution in [0.25, 0.3) is 0 Å². The molecule has 1 atom stereocenters. The van der Waals surface area contributed by atoms with Crippen molar-refractivity contribution in [1.82, 2.24) is 9.88 Å². The summed E-state index contributed by atoms with van der Waals surface area (Å²) in [6.07, 6.45) is 2.36. The average molecular weight is 300 g/mol. The zero-order valence-electron chi connectivity index (χ0n) is 10.4. The maximum atomic E-state index is 12.1. The van der Waals surface area contributed by atoms with E-state index in [1.54, 1.807) is 6.20 Å². The molecule has 1 saturated heterocycles. The van der Waals surface area contributed by atoms with Crippen molar-refractivity contribution < 1.29 is 4.79 Å². The van der Waals surface area contributed by atoms with Crippen LogP contribution in [-0.2, 0) is 4.79 Å². The van der Waals surface area contributed by atoms with Crippen LogP contribution < -0.4 is 4.90 Å². The highest BCUT2D eigenvalue weighted by molar-refractivity contribution is 6.52. The minimum atomic E-state index is -0.824. The van der Waals surface area contributed by atoms with Gasteiger partial charge in [-0.15, -0.1) is 23.2 Å². The molecule has 1 aromatic rings. The standard InChI is InChI=1S/C13H15Cl2N3O/c14-13(15)9-10(13)12(19)18-7-5-17(6-8-18)11-3-1-2-4-16-11/h1-4,10H,5-9H2. The van der Waals surface area contributed by atoms with E-state index in [2.05, 4.69) is 9.88 Å². The number of carbonyl (C=O) groups excluding carboxylic acids is 1. The molecule has 19 heavy (non-hydrogen) atoms. The number of aromatic nitrogens is 1. The molecule has 0 N–H and O–H groups in total. The van der Waals surface area contributed by atoms with Crippen molar-refractivity contribution in [2.75, 3.05) is 31.1 Å². The average Bonchev–Trinajstić information content (AvgIpc) is 3.08. The van der Waals surface area contributed by atoms with Crippen LogP contribution in [0.15, 0.2) is 24.4 Å². The summed E-state index contributed by atoms with van der Waals surface area (Å²) in [7, 11) is 0. The van der Waals surface area contributed by atoms with Gasteiger partial charge < -0.3 is 9.80 Å². The zero-order valence-corrected chi connectivity index (χ0v) is 11.9. The predicted molar refractivity (Wildman–Crippen MR) is 75.6 cm³/mol. The third kappa shape index (κ3) is 2.65. The van der Waals surface area contributed by atoms with E-state index < -0.39 is 4.33 Å². The van der Waals surface area contributed by atoms with Gasteiger partial charge in [0.2, 0.25) is 5.91 Å². The van der Waals surface area contributed by atoms with E-state index >= 15 is 0 Å². The molecule has 0 aromatic carbocycles. The van der Waals surface area contributed by atoms with Crippen molar-refractivity contribution in [2.24, 2.45) is 5.92 Å². The smallest absolute Gasteiger partial charge is 0.228 e. The first kappa shape index (κ1) is 13.0.